The zero-order valence-electron chi connectivity index (χ0n) is 13.7. The topological polar surface area (TPSA) is 24.5 Å². The molecule has 0 saturated carbocycles. The highest BCUT2D eigenvalue weighted by atomic mass is 32.1. The Labute approximate surface area is 133 Å². The van der Waals surface area contributed by atoms with E-state index < -0.39 is 0 Å². The summed E-state index contributed by atoms with van der Waals surface area (Å²) in [5.74, 6) is 0. The summed E-state index contributed by atoms with van der Waals surface area (Å²) < 4.78 is 5.20. The van der Waals surface area contributed by atoms with Crippen molar-refractivity contribution in [1.82, 2.24) is 10.2 Å². The number of hydrogen-bond donors (Lipinski definition) is 1. The summed E-state index contributed by atoms with van der Waals surface area (Å²) in [7, 11) is 1.77. The summed E-state index contributed by atoms with van der Waals surface area (Å²) in [5.41, 5.74) is 1.62. The van der Waals surface area contributed by atoms with Gasteiger partial charge >= 0.3 is 0 Å². The Kier molecular flexibility index (Phi) is 5.99. The zero-order chi connectivity index (χ0) is 15.3. The van der Waals surface area contributed by atoms with Crippen LogP contribution in [0.1, 0.15) is 36.9 Å². The van der Waals surface area contributed by atoms with Crippen LogP contribution in [0.4, 0.5) is 0 Å². The van der Waals surface area contributed by atoms with Gasteiger partial charge in [0, 0.05) is 48.6 Å². The molecule has 0 spiro atoms. The van der Waals surface area contributed by atoms with Crippen molar-refractivity contribution in [2.75, 3.05) is 26.8 Å². The van der Waals surface area contributed by atoms with Crippen molar-refractivity contribution in [2.45, 2.75) is 45.8 Å². The molecule has 1 aliphatic rings. The van der Waals surface area contributed by atoms with E-state index >= 15 is 0 Å². The molecule has 0 aromatic carbocycles. The van der Waals surface area contributed by atoms with Crippen molar-refractivity contribution < 1.29 is 4.74 Å². The van der Waals surface area contributed by atoms with E-state index in [-0.39, 0.29) is 5.54 Å². The van der Waals surface area contributed by atoms with Gasteiger partial charge in [0.05, 0.1) is 6.61 Å². The Morgan fingerprint density at radius 1 is 1.29 bits per heavy atom. The van der Waals surface area contributed by atoms with Gasteiger partial charge in [-0.1, -0.05) is 6.08 Å². The molecule has 1 N–H and O–H groups in total. The molecule has 1 aliphatic heterocycles. The number of nitrogens with one attached hydrogen (secondary N) is 1. The summed E-state index contributed by atoms with van der Waals surface area (Å²) in [6, 6.07) is 4.54. The van der Waals surface area contributed by atoms with Crippen LogP contribution >= 0.6 is 11.3 Å². The van der Waals surface area contributed by atoms with E-state index in [0.29, 0.717) is 0 Å². The van der Waals surface area contributed by atoms with Crippen LogP contribution in [0.2, 0.25) is 0 Å². The summed E-state index contributed by atoms with van der Waals surface area (Å²) in [5, 5.41) is 3.55. The second-order valence-electron chi connectivity index (χ2n) is 6.75. The molecule has 0 fully saturated rings. The Balaban J connectivity index is 1.81. The highest BCUT2D eigenvalue weighted by Crippen LogP contribution is 2.21. The number of rotatable bonds is 6. The molecule has 3 nitrogen and oxygen atoms in total. The third kappa shape index (κ3) is 5.91. The van der Waals surface area contributed by atoms with Crippen LogP contribution in [0.15, 0.2) is 23.8 Å². The predicted octanol–water partition coefficient (Wildman–Crippen LogP) is 3.41. The zero-order valence-corrected chi connectivity index (χ0v) is 14.6. The molecule has 118 valence electrons. The van der Waals surface area contributed by atoms with Crippen molar-refractivity contribution in [2.24, 2.45) is 0 Å². The van der Waals surface area contributed by atoms with Gasteiger partial charge < -0.3 is 10.1 Å². The minimum Gasteiger partial charge on any atom is -0.380 e. The van der Waals surface area contributed by atoms with Crippen LogP contribution in [0.5, 0.6) is 0 Å². The Morgan fingerprint density at radius 3 is 2.67 bits per heavy atom. The summed E-state index contributed by atoms with van der Waals surface area (Å²) in [6.45, 7) is 11.6. The maximum absolute atomic E-state index is 5.20. The molecule has 4 heteroatoms. The van der Waals surface area contributed by atoms with E-state index in [9.17, 15) is 0 Å². The molecule has 0 unspecified atom stereocenters. The van der Waals surface area contributed by atoms with Gasteiger partial charge in [-0.2, -0.15) is 0 Å². The first-order chi connectivity index (χ1) is 9.96. The van der Waals surface area contributed by atoms with E-state index in [1.165, 1.54) is 15.3 Å². The number of nitrogens with zero attached hydrogens (tertiary/aromatic N) is 1. The largest absolute Gasteiger partial charge is 0.380 e. The van der Waals surface area contributed by atoms with Gasteiger partial charge in [-0.15, -0.1) is 11.3 Å². The SMILES string of the molecule is COCC1=CCN(Cc2ccc(CNC(C)(C)C)s2)CC1. The van der Waals surface area contributed by atoms with E-state index in [1.54, 1.807) is 7.11 Å². The summed E-state index contributed by atoms with van der Waals surface area (Å²) >= 11 is 1.93. The van der Waals surface area contributed by atoms with Crippen molar-refractivity contribution in [3.05, 3.63) is 33.5 Å². The molecule has 0 amide bonds. The molecule has 0 bridgehead atoms. The molecule has 1 aromatic heterocycles. The van der Waals surface area contributed by atoms with Gasteiger partial charge in [0.2, 0.25) is 0 Å². The molecule has 1 aromatic rings. The minimum absolute atomic E-state index is 0.180. The van der Waals surface area contributed by atoms with Gasteiger partial charge in [0.25, 0.3) is 0 Å². The second-order valence-corrected chi connectivity index (χ2v) is 8.00. The third-order valence-electron chi connectivity index (χ3n) is 3.61. The van der Waals surface area contributed by atoms with Gasteiger partial charge in [-0.3, -0.25) is 4.90 Å². The number of hydrogen-bond acceptors (Lipinski definition) is 4. The molecule has 0 atom stereocenters. The highest BCUT2D eigenvalue weighted by Gasteiger charge is 2.13. The van der Waals surface area contributed by atoms with Crippen LogP contribution in [-0.2, 0) is 17.8 Å². The Bertz CT molecular complexity index is 473. The van der Waals surface area contributed by atoms with Crippen LogP contribution < -0.4 is 5.32 Å². The van der Waals surface area contributed by atoms with E-state index in [4.69, 9.17) is 4.74 Å². The average molecular weight is 308 g/mol. The maximum atomic E-state index is 5.20. The molecule has 21 heavy (non-hydrogen) atoms. The predicted molar refractivity (Wildman–Crippen MR) is 90.8 cm³/mol. The monoisotopic (exact) mass is 308 g/mol. The van der Waals surface area contributed by atoms with Crippen molar-refractivity contribution in [3.8, 4) is 0 Å². The maximum Gasteiger partial charge on any atom is 0.0673 e. The van der Waals surface area contributed by atoms with Crippen molar-refractivity contribution >= 4 is 11.3 Å². The third-order valence-corrected chi connectivity index (χ3v) is 4.68. The quantitative estimate of drug-likeness (QED) is 0.815. The lowest BCUT2D eigenvalue weighted by molar-refractivity contribution is 0.210. The lowest BCUT2D eigenvalue weighted by Crippen LogP contribution is -2.34. The van der Waals surface area contributed by atoms with E-state index in [1.807, 2.05) is 11.3 Å². The molecule has 0 radical (unpaired) electrons. The summed E-state index contributed by atoms with van der Waals surface area (Å²) in [4.78, 5) is 5.39. The summed E-state index contributed by atoms with van der Waals surface area (Å²) in [6.07, 6.45) is 3.46. The van der Waals surface area contributed by atoms with Crippen LogP contribution in [0.3, 0.4) is 0 Å². The van der Waals surface area contributed by atoms with Crippen molar-refractivity contribution in [3.63, 3.8) is 0 Å². The van der Waals surface area contributed by atoms with E-state index in [2.05, 4.69) is 49.2 Å². The molecular weight excluding hydrogens is 280 g/mol. The van der Waals surface area contributed by atoms with Gasteiger partial charge in [-0.05, 0) is 44.9 Å². The first-order valence-electron chi connectivity index (χ1n) is 7.68. The smallest absolute Gasteiger partial charge is 0.0673 e. The Morgan fingerprint density at radius 2 is 2.05 bits per heavy atom. The standard InChI is InChI=1S/C17H28N2OS/c1-17(2,3)18-11-15-5-6-16(21-15)12-19-9-7-14(8-10-19)13-20-4/h5-7,18H,8-13H2,1-4H3. The van der Waals surface area contributed by atoms with Crippen LogP contribution in [0, 0.1) is 0 Å². The Hall–Kier alpha value is -0.680. The first kappa shape index (κ1) is 16.7. The van der Waals surface area contributed by atoms with Crippen LogP contribution in [0.25, 0.3) is 0 Å². The average Bonchev–Trinajstić information content (AvgIpc) is 2.86. The highest BCUT2D eigenvalue weighted by molar-refractivity contribution is 7.11. The lowest BCUT2D eigenvalue weighted by Gasteiger charge is -2.25. The number of thiophene rings is 1. The fourth-order valence-corrected chi connectivity index (χ4v) is 3.39. The van der Waals surface area contributed by atoms with E-state index in [0.717, 1.165) is 39.2 Å². The molecular formula is C17H28N2OS. The number of methoxy groups -OCH3 is 1. The van der Waals surface area contributed by atoms with Gasteiger partial charge in [-0.25, -0.2) is 0 Å². The lowest BCUT2D eigenvalue weighted by atomic mass is 10.1. The molecule has 2 rings (SSSR count). The molecule has 2 heterocycles. The first-order valence-corrected chi connectivity index (χ1v) is 8.50. The minimum atomic E-state index is 0.180. The fraction of sp³-hybridized carbons (Fsp3) is 0.647. The fourth-order valence-electron chi connectivity index (χ4n) is 2.39. The second kappa shape index (κ2) is 7.54. The van der Waals surface area contributed by atoms with Gasteiger partial charge in [0.15, 0.2) is 0 Å². The van der Waals surface area contributed by atoms with Crippen molar-refractivity contribution in [1.29, 1.82) is 0 Å². The van der Waals surface area contributed by atoms with Gasteiger partial charge in [0.1, 0.15) is 0 Å². The van der Waals surface area contributed by atoms with Crippen LogP contribution in [-0.4, -0.2) is 37.2 Å². The normalized spacial score (nSPS) is 17.0. The molecule has 0 saturated heterocycles. The number of ether oxygens (including phenoxy) is 1. The molecule has 0 aliphatic carbocycles.